The van der Waals surface area contributed by atoms with Crippen LogP contribution in [0.3, 0.4) is 0 Å². The van der Waals surface area contributed by atoms with Crippen LogP contribution in [0.4, 0.5) is 24.8 Å². The minimum absolute atomic E-state index is 0.0581. The highest BCUT2D eigenvalue weighted by molar-refractivity contribution is 5.80. The largest absolute Gasteiger partial charge is 0.416 e. The number of nitrogens with one attached hydrogen (secondary N) is 2. The van der Waals surface area contributed by atoms with Crippen molar-refractivity contribution in [1.82, 2.24) is 10.3 Å². The second-order valence-corrected chi connectivity index (χ2v) is 4.55. The fourth-order valence-corrected chi connectivity index (χ4v) is 1.62. The van der Waals surface area contributed by atoms with Crippen LogP contribution in [-0.4, -0.2) is 38.1 Å². The van der Waals surface area contributed by atoms with E-state index < -0.39 is 11.7 Å². The smallest absolute Gasteiger partial charge is 0.373 e. The van der Waals surface area contributed by atoms with Crippen LogP contribution in [0.25, 0.3) is 0 Å². The first-order valence-corrected chi connectivity index (χ1v) is 6.52. The van der Waals surface area contributed by atoms with Crippen LogP contribution in [0.2, 0.25) is 0 Å². The number of nitrogens with zero attached hydrogens (tertiary/aromatic N) is 2. The van der Waals surface area contributed by atoms with Gasteiger partial charge < -0.3 is 15.5 Å². The van der Waals surface area contributed by atoms with E-state index in [0.29, 0.717) is 6.54 Å². The summed E-state index contributed by atoms with van der Waals surface area (Å²) < 4.78 is 38.5. The average molecular weight is 304 g/mol. The van der Waals surface area contributed by atoms with E-state index in [1.807, 2.05) is 6.92 Å². The van der Waals surface area contributed by atoms with Gasteiger partial charge in [-0.05, 0) is 18.6 Å². The van der Waals surface area contributed by atoms with Crippen molar-refractivity contribution >= 4 is 17.5 Å². The number of anilines is 2. The second-order valence-electron chi connectivity index (χ2n) is 4.55. The van der Waals surface area contributed by atoms with Gasteiger partial charge in [-0.2, -0.15) is 13.2 Å². The Kier molecular flexibility index (Phi) is 5.80. The molecule has 1 aromatic rings. The van der Waals surface area contributed by atoms with Crippen molar-refractivity contribution in [3.05, 3.63) is 17.7 Å². The van der Waals surface area contributed by atoms with Crippen LogP contribution < -0.4 is 15.5 Å². The molecule has 0 aliphatic carbocycles. The fourth-order valence-electron chi connectivity index (χ4n) is 1.62. The van der Waals surface area contributed by atoms with Gasteiger partial charge in [0.15, 0.2) is 0 Å². The predicted molar refractivity (Wildman–Crippen MR) is 75.4 cm³/mol. The van der Waals surface area contributed by atoms with Crippen LogP contribution in [0, 0.1) is 0 Å². The van der Waals surface area contributed by atoms with Crippen LogP contribution in [0.5, 0.6) is 0 Å². The molecule has 0 aromatic carbocycles. The molecule has 0 saturated carbocycles. The predicted octanol–water partition coefficient (Wildman–Crippen LogP) is 2.10. The van der Waals surface area contributed by atoms with Crippen LogP contribution in [-0.2, 0) is 11.0 Å². The Morgan fingerprint density at radius 3 is 2.57 bits per heavy atom. The number of hydrogen-bond acceptors (Lipinski definition) is 4. The zero-order valence-electron chi connectivity index (χ0n) is 12.2. The summed E-state index contributed by atoms with van der Waals surface area (Å²) in [5.74, 6) is -0.0777. The lowest BCUT2D eigenvalue weighted by Crippen LogP contribution is -2.36. The molecule has 0 spiro atoms. The fraction of sp³-hybridized carbons (Fsp3) is 0.538. The van der Waals surface area contributed by atoms with Crippen molar-refractivity contribution in [2.45, 2.75) is 19.5 Å². The molecule has 0 bridgehead atoms. The maximum Gasteiger partial charge on any atom is 0.416 e. The number of carbonyl (C=O) groups is 1. The highest BCUT2D eigenvalue weighted by atomic mass is 19.4. The summed E-state index contributed by atoms with van der Waals surface area (Å²) in [6, 6.07) is 1.85. The van der Waals surface area contributed by atoms with Crippen molar-refractivity contribution in [2.75, 3.05) is 37.4 Å². The van der Waals surface area contributed by atoms with E-state index in [0.717, 1.165) is 18.6 Å². The molecule has 21 heavy (non-hydrogen) atoms. The topological polar surface area (TPSA) is 57.3 Å². The lowest BCUT2D eigenvalue weighted by Gasteiger charge is -2.20. The SMILES string of the molecule is CCCNC(=O)CN(C)c1cc(C(F)(F)F)cc(NC)n1. The van der Waals surface area contributed by atoms with E-state index in [1.54, 1.807) is 0 Å². The number of halogens is 3. The number of hydrogen-bond donors (Lipinski definition) is 2. The molecule has 0 aliphatic rings. The average Bonchev–Trinajstić information content (AvgIpc) is 2.43. The number of alkyl halides is 3. The number of aromatic nitrogens is 1. The summed E-state index contributed by atoms with van der Waals surface area (Å²) in [6.07, 6.45) is -3.67. The van der Waals surface area contributed by atoms with Gasteiger partial charge in [0.2, 0.25) is 5.91 Å². The molecular formula is C13H19F3N4O. The molecule has 0 radical (unpaired) electrons. The lowest BCUT2D eigenvalue weighted by atomic mass is 10.2. The molecule has 0 aliphatic heterocycles. The Hall–Kier alpha value is -1.99. The maximum absolute atomic E-state index is 12.8. The lowest BCUT2D eigenvalue weighted by molar-refractivity contribution is -0.137. The first-order valence-electron chi connectivity index (χ1n) is 6.52. The maximum atomic E-state index is 12.8. The first kappa shape index (κ1) is 17.1. The third-order valence-electron chi connectivity index (χ3n) is 2.74. The number of rotatable bonds is 6. The van der Waals surface area contributed by atoms with E-state index in [4.69, 9.17) is 0 Å². The molecule has 1 rings (SSSR count). The molecule has 5 nitrogen and oxygen atoms in total. The number of pyridine rings is 1. The van der Waals surface area contributed by atoms with Crippen molar-refractivity contribution in [2.24, 2.45) is 0 Å². The van der Waals surface area contributed by atoms with Crippen LogP contribution in [0.1, 0.15) is 18.9 Å². The quantitative estimate of drug-likeness (QED) is 0.845. The van der Waals surface area contributed by atoms with Gasteiger partial charge in [-0.15, -0.1) is 0 Å². The highest BCUT2D eigenvalue weighted by Gasteiger charge is 2.32. The summed E-state index contributed by atoms with van der Waals surface area (Å²) in [5, 5.41) is 5.24. The Bertz CT molecular complexity index is 491. The molecule has 1 amide bonds. The molecule has 0 saturated heterocycles. The zero-order valence-corrected chi connectivity index (χ0v) is 12.2. The van der Waals surface area contributed by atoms with Gasteiger partial charge in [0.25, 0.3) is 0 Å². The third kappa shape index (κ3) is 5.13. The van der Waals surface area contributed by atoms with Gasteiger partial charge in [0, 0.05) is 20.6 Å². The van der Waals surface area contributed by atoms with Crippen molar-refractivity contribution in [3.8, 4) is 0 Å². The molecule has 2 N–H and O–H groups in total. The van der Waals surface area contributed by atoms with Gasteiger partial charge in [0.05, 0.1) is 12.1 Å². The Morgan fingerprint density at radius 1 is 1.38 bits per heavy atom. The monoisotopic (exact) mass is 304 g/mol. The molecule has 0 fully saturated rings. The standard InChI is InChI=1S/C13H19F3N4O/c1-4-5-18-12(21)8-20(3)11-7-9(13(14,15)16)6-10(17-2)19-11/h6-7H,4-5,8H2,1-3H3,(H,17,19)(H,18,21). The first-order chi connectivity index (χ1) is 9.77. The van der Waals surface area contributed by atoms with Gasteiger partial charge in [-0.3, -0.25) is 4.79 Å². The Labute approximate surface area is 121 Å². The van der Waals surface area contributed by atoms with Gasteiger partial charge in [-0.25, -0.2) is 4.98 Å². The molecular weight excluding hydrogens is 285 g/mol. The van der Waals surface area contributed by atoms with E-state index in [2.05, 4.69) is 15.6 Å². The highest BCUT2D eigenvalue weighted by Crippen LogP contribution is 2.32. The zero-order chi connectivity index (χ0) is 16.0. The number of likely N-dealkylation sites (N-methyl/N-ethyl adjacent to an activating group) is 1. The van der Waals surface area contributed by atoms with E-state index in [1.165, 1.54) is 19.0 Å². The third-order valence-corrected chi connectivity index (χ3v) is 2.74. The van der Waals surface area contributed by atoms with Crippen molar-refractivity contribution in [3.63, 3.8) is 0 Å². The van der Waals surface area contributed by atoms with Gasteiger partial charge in [0.1, 0.15) is 11.6 Å². The summed E-state index contributed by atoms with van der Waals surface area (Å²) in [7, 11) is 3.01. The summed E-state index contributed by atoms with van der Waals surface area (Å²) >= 11 is 0. The van der Waals surface area contributed by atoms with E-state index in [-0.39, 0.29) is 24.1 Å². The molecule has 0 unspecified atom stereocenters. The Balaban J connectivity index is 2.93. The Morgan fingerprint density at radius 2 is 2.05 bits per heavy atom. The normalized spacial score (nSPS) is 11.1. The van der Waals surface area contributed by atoms with Crippen LogP contribution >= 0.6 is 0 Å². The molecule has 118 valence electrons. The summed E-state index contributed by atoms with van der Waals surface area (Å²) in [6.45, 7) is 2.39. The minimum atomic E-state index is -4.46. The minimum Gasteiger partial charge on any atom is -0.373 e. The number of amides is 1. The second kappa shape index (κ2) is 7.14. The summed E-state index contributed by atoms with van der Waals surface area (Å²) in [5.41, 5.74) is -0.808. The van der Waals surface area contributed by atoms with Gasteiger partial charge >= 0.3 is 6.18 Å². The van der Waals surface area contributed by atoms with Crippen LogP contribution in [0.15, 0.2) is 12.1 Å². The van der Waals surface area contributed by atoms with Crippen molar-refractivity contribution in [1.29, 1.82) is 0 Å². The molecule has 8 heteroatoms. The number of carbonyl (C=O) groups excluding carboxylic acids is 1. The van der Waals surface area contributed by atoms with E-state index >= 15 is 0 Å². The van der Waals surface area contributed by atoms with E-state index in [9.17, 15) is 18.0 Å². The van der Waals surface area contributed by atoms with Gasteiger partial charge in [-0.1, -0.05) is 6.92 Å². The molecule has 0 atom stereocenters. The molecule has 1 aromatic heterocycles. The van der Waals surface area contributed by atoms with Crippen molar-refractivity contribution < 1.29 is 18.0 Å². The molecule has 1 heterocycles. The summed E-state index contributed by atoms with van der Waals surface area (Å²) in [4.78, 5) is 17.0.